The Balaban J connectivity index is 3.70. The Hall–Kier alpha value is 0.320. The quantitative estimate of drug-likeness (QED) is 0.451. The molecule has 11 heavy (non-hydrogen) atoms. The van der Waals surface area contributed by atoms with Gasteiger partial charge in [0.2, 0.25) is 0 Å². The molecule has 1 atom stereocenters. The summed E-state index contributed by atoms with van der Waals surface area (Å²) in [6.07, 6.45) is -1.02. The minimum absolute atomic E-state index is 0.196. The van der Waals surface area contributed by atoms with Crippen LogP contribution < -0.4 is 0 Å². The molecule has 0 aromatic rings. The minimum Gasteiger partial charge on any atom is -0.392 e. The molecule has 0 saturated carbocycles. The Kier molecular flexibility index (Phi) is 5.20. The average molecular weight is 229 g/mol. The maximum absolute atomic E-state index is 8.97. The molecule has 5 heteroatoms. The van der Waals surface area contributed by atoms with E-state index in [9.17, 15) is 0 Å². The lowest BCUT2D eigenvalue weighted by Gasteiger charge is -2.22. The number of hydrogen-bond acceptors (Lipinski definition) is 4. The van der Waals surface area contributed by atoms with E-state index in [-0.39, 0.29) is 13.0 Å². The number of ether oxygens (including phenoxy) is 1. The van der Waals surface area contributed by atoms with Crippen molar-refractivity contribution in [3.05, 3.63) is 0 Å². The number of hydrogen-bond donors (Lipinski definition) is 3. The molecule has 68 valence electrons. The van der Waals surface area contributed by atoms with E-state index >= 15 is 0 Å². The smallest absolute Gasteiger partial charge is 0.280 e. The molecule has 0 amide bonds. The van der Waals surface area contributed by atoms with Crippen molar-refractivity contribution in [1.29, 1.82) is 0 Å². The second-order valence-corrected chi connectivity index (χ2v) is 2.84. The van der Waals surface area contributed by atoms with Gasteiger partial charge in [0.25, 0.3) is 5.97 Å². The Morgan fingerprint density at radius 1 is 1.55 bits per heavy atom. The minimum atomic E-state index is -2.21. The lowest BCUT2D eigenvalue weighted by atomic mass is 10.2. The van der Waals surface area contributed by atoms with Crippen LogP contribution in [-0.4, -0.2) is 39.3 Å². The third-order valence-electron chi connectivity index (χ3n) is 1.06. The molecule has 0 rings (SSSR count). The monoisotopic (exact) mass is 228 g/mol. The summed E-state index contributed by atoms with van der Waals surface area (Å²) in [4.78, 5) is 0. The van der Waals surface area contributed by atoms with Crippen molar-refractivity contribution in [3.8, 4) is 0 Å². The Bertz CT molecular complexity index is 107. The van der Waals surface area contributed by atoms with Gasteiger partial charge in [-0.25, -0.2) is 0 Å². The summed E-state index contributed by atoms with van der Waals surface area (Å²) in [5.74, 6) is -2.21. The van der Waals surface area contributed by atoms with Crippen molar-refractivity contribution >= 4 is 15.9 Å². The van der Waals surface area contributed by atoms with Gasteiger partial charge in [-0.05, 0) is 6.92 Å². The standard InChI is InChI=1S/C6H13BrO4/c1-2-11-6(9,10)3-5(8)4-7/h5,8-10H,2-4H2,1H3/t5-/m1/s1. The van der Waals surface area contributed by atoms with Gasteiger partial charge in [0.15, 0.2) is 0 Å². The second-order valence-electron chi connectivity index (χ2n) is 2.19. The van der Waals surface area contributed by atoms with Crippen molar-refractivity contribution in [2.45, 2.75) is 25.4 Å². The number of rotatable bonds is 5. The normalized spacial score (nSPS) is 15.0. The van der Waals surface area contributed by atoms with E-state index in [4.69, 9.17) is 15.3 Å². The van der Waals surface area contributed by atoms with Crippen molar-refractivity contribution < 1.29 is 20.1 Å². The summed E-state index contributed by atoms with van der Waals surface area (Å²) in [7, 11) is 0. The fourth-order valence-corrected chi connectivity index (χ4v) is 0.881. The number of alkyl halides is 1. The van der Waals surface area contributed by atoms with Gasteiger partial charge in [0.05, 0.1) is 12.5 Å². The second kappa shape index (κ2) is 5.05. The van der Waals surface area contributed by atoms with E-state index < -0.39 is 12.1 Å². The summed E-state index contributed by atoms with van der Waals surface area (Å²) in [6, 6.07) is 0. The fourth-order valence-electron chi connectivity index (χ4n) is 0.652. The van der Waals surface area contributed by atoms with Crippen LogP contribution in [0.1, 0.15) is 13.3 Å². The topological polar surface area (TPSA) is 69.9 Å². The molecule has 0 aliphatic rings. The maximum Gasteiger partial charge on any atom is 0.280 e. The molecule has 4 nitrogen and oxygen atoms in total. The number of halogens is 1. The van der Waals surface area contributed by atoms with Crippen LogP contribution in [0.25, 0.3) is 0 Å². The molecule has 0 heterocycles. The van der Waals surface area contributed by atoms with E-state index in [1.54, 1.807) is 6.92 Å². The zero-order valence-corrected chi connectivity index (χ0v) is 7.91. The zero-order chi connectivity index (χ0) is 8.91. The molecule has 0 aliphatic heterocycles. The molecule has 0 aromatic carbocycles. The molecule has 0 saturated heterocycles. The molecular formula is C6H13BrO4. The van der Waals surface area contributed by atoms with Crippen LogP contribution in [-0.2, 0) is 4.74 Å². The first-order valence-corrected chi connectivity index (χ1v) is 4.46. The highest BCUT2D eigenvalue weighted by Gasteiger charge is 2.26. The molecule has 3 N–H and O–H groups in total. The van der Waals surface area contributed by atoms with Crippen LogP contribution in [0.15, 0.2) is 0 Å². The summed E-state index contributed by atoms with van der Waals surface area (Å²) in [5.41, 5.74) is 0. The van der Waals surface area contributed by atoms with Crippen LogP contribution in [0, 0.1) is 0 Å². The summed E-state index contributed by atoms with van der Waals surface area (Å²) in [5, 5.41) is 27.2. The number of aliphatic hydroxyl groups excluding tert-OH is 1. The fraction of sp³-hybridized carbons (Fsp3) is 1.00. The SMILES string of the molecule is CCOC(O)(O)C[C@@H](O)CBr. The predicted molar refractivity (Wildman–Crippen MR) is 43.2 cm³/mol. The van der Waals surface area contributed by atoms with Crippen molar-refractivity contribution in [2.24, 2.45) is 0 Å². The van der Waals surface area contributed by atoms with Crippen LogP contribution in [0.2, 0.25) is 0 Å². The first-order valence-electron chi connectivity index (χ1n) is 3.34. The van der Waals surface area contributed by atoms with Crippen LogP contribution in [0.4, 0.5) is 0 Å². The molecule has 0 bridgehead atoms. The predicted octanol–water partition coefficient (Wildman–Crippen LogP) is -0.193. The average Bonchev–Trinajstić information content (AvgIpc) is 1.86. The third-order valence-corrected chi connectivity index (χ3v) is 1.80. The first-order chi connectivity index (χ1) is 5.02. The number of aliphatic hydroxyl groups is 3. The molecule has 0 unspecified atom stereocenters. The van der Waals surface area contributed by atoms with Gasteiger partial charge in [0.1, 0.15) is 0 Å². The zero-order valence-electron chi connectivity index (χ0n) is 6.33. The van der Waals surface area contributed by atoms with E-state index in [2.05, 4.69) is 20.7 Å². The maximum atomic E-state index is 8.97. The van der Waals surface area contributed by atoms with Crippen LogP contribution in [0.5, 0.6) is 0 Å². The van der Waals surface area contributed by atoms with E-state index in [0.717, 1.165) is 0 Å². The van der Waals surface area contributed by atoms with Gasteiger partial charge in [-0.1, -0.05) is 15.9 Å². The molecule has 0 aromatic heterocycles. The van der Waals surface area contributed by atoms with E-state index in [1.165, 1.54) is 0 Å². The van der Waals surface area contributed by atoms with Gasteiger partial charge in [0, 0.05) is 11.9 Å². The van der Waals surface area contributed by atoms with Crippen LogP contribution in [0.3, 0.4) is 0 Å². The molecule has 0 spiro atoms. The highest BCUT2D eigenvalue weighted by atomic mass is 79.9. The molecule has 0 aliphatic carbocycles. The van der Waals surface area contributed by atoms with Gasteiger partial charge in [-0.15, -0.1) is 0 Å². The highest BCUT2D eigenvalue weighted by molar-refractivity contribution is 9.09. The van der Waals surface area contributed by atoms with E-state index in [0.29, 0.717) is 5.33 Å². The Morgan fingerprint density at radius 2 is 2.09 bits per heavy atom. The highest BCUT2D eigenvalue weighted by Crippen LogP contribution is 2.11. The van der Waals surface area contributed by atoms with Crippen molar-refractivity contribution in [3.63, 3.8) is 0 Å². The Labute approximate surface area is 73.9 Å². The summed E-state index contributed by atoms with van der Waals surface area (Å²) in [6.45, 7) is 1.84. The summed E-state index contributed by atoms with van der Waals surface area (Å²) >= 11 is 2.99. The molecular weight excluding hydrogens is 216 g/mol. The molecule has 0 radical (unpaired) electrons. The first kappa shape index (κ1) is 11.3. The third kappa shape index (κ3) is 5.57. The van der Waals surface area contributed by atoms with Gasteiger partial charge in [-0.3, -0.25) is 0 Å². The van der Waals surface area contributed by atoms with Crippen LogP contribution >= 0.6 is 15.9 Å². The molecule has 0 fully saturated rings. The lowest BCUT2D eigenvalue weighted by Crippen LogP contribution is -2.36. The van der Waals surface area contributed by atoms with E-state index in [1.807, 2.05) is 0 Å². The largest absolute Gasteiger partial charge is 0.392 e. The Morgan fingerprint density at radius 3 is 2.45 bits per heavy atom. The van der Waals surface area contributed by atoms with Crippen molar-refractivity contribution in [2.75, 3.05) is 11.9 Å². The van der Waals surface area contributed by atoms with Gasteiger partial charge >= 0.3 is 0 Å². The van der Waals surface area contributed by atoms with Gasteiger partial charge in [-0.2, -0.15) is 0 Å². The lowest BCUT2D eigenvalue weighted by molar-refractivity contribution is -0.344. The van der Waals surface area contributed by atoms with Gasteiger partial charge < -0.3 is 20.1 Å². The summed E-state index contributed by atoms with van der Waals surface area (Å²) < 4.78 is 4.53. The van der Waals surface area contributed by atoms with Crippen molar-refractivity contribution in [1.82, 2.24) is 0 Å².